The quantitative estimate of drug-likeness (QED) is 0.597. The van der Waals surface area contributed by atoms with Crippen LogP contribution in [0.2, 0.25) is 5.02 Å². The number of rotatable bonds is 1. The minimum Gasteiger partial charge on any atom is -0.305 e. The predicted octanol–water partition coefficient (Wildman–Crippen LogP) is 3.64. The molecule has 0 saturated heterocycles. The normalized spacial score (nSPS) is 18.8. The Morgan fingerprint density at radius 2 is 1.85 bits per heavy atom. The topological polar surface area (TPSA) is 4.36 Å². The van der Waals surface area contributed by atoms with Gasteiger partial charge < -0.3 is 4.85 Å². The van der Waals surface area contributed by atoms with Gasteiger partial charge in [-0.15, -0.1) is 0 Å². The average Bonchev–Trinajstić information content (AvgIpc) is 2.07. The maximum atomic E-state index is 7.19. The Morgan fingerprint density at radius 1 is 1.23 bits per heavy atom. The van der Waals surface area contributed by atoms with Crippen LogP contribution in [0.5, 0.6) is 0 Å². The van der Waals surface area contributed by atoms with Gasteiger partial charge >= 0.3 is 0 Å². The van der Waals surface area contributed by atoms with Crippen molar-refractivity contribution >= 4 is 11.6 Å². The Labute approximate surface area is 83.2 Å². The molecule has 0 radical (unpaired) electrons. The first-order chi connectivity index (χ1) is 6.27. The van der Waals surface area contributed by atoms with E-state index in [1.165, 1.54) is 6.42 Å². The maximum absolute atomic E-state index is 7.19. The molecule has 1 aromatic rings. The van der Waals surface area contributed by atoms with Crippen molar-refractivity contribution in [1.29, 1.82) is 0 Å². The van der Waals surface area contributed by atoms with Gasteiger partial charge in [0.25, 0.3) is 5.54 Å². The second-order valence-electron chi connectivity index (χ2n) is 3.50. The van der Waals surface area contributed by atoms with E-state index >= 15 is 0 Å². The molecule has 1 aromatic carbocycles. The molecule has 0 atom stereocenters. The molecule has 66 valence electrons. The van der Waals surface area contributed by atoms with Gasteiger partial charge in [0.1, 0.15) is 0 Å². The monoisotopic (exact) mass is 191 g/mol. The van der Waals surface area contributed by atoms with Crippen LogP contribution in [0.1, 0.15) is 24.8 Å². The van der Waals surface area contributed by atoms with Gasteiger partial charge in [-0.2, -0.15) is 0 Å². The Hall–Kier alpha value is -1.00. The molecule has 1 saturated carbocycles. The van der Waals surface area contributed by atoms with Crippen LogP contribution >= 0.6 is 11.6 Å². The zero-order valence-electron chi connectivity index (χ0n) is 7.26. The fraction of sp³-hybridized carbons (Fsp3) is 0.364. The number of hydrogen-bond donors (Lipinski definition) is 0. The molecule has 13 heavy (non-hydrogen) atoms. The van der Waals surface area contributed by atoms with Gasteiger partial charge in [0.2, 0.25) is 0 Å². The van der Waals surface area contributed by atoms with Crippen LogP contribution in [0.15, 0.2) is 24.3 Å². The summed E-state index contributed by atoms with van der Waals surface area (Å²) < 4.78 is 0. The number of benzene rings is 1. The standard InChI is InChI=1S/C11H10ClN/c1-13-11(7-2-8-11)9-3-5-10(12)6-4-9/h3-6H,2,7-8H2. The van der Waals surface area contributed by atoms with Crippen LogP contribution in [-0.4, -0.2) is 0 Å². The SMILES string of the molecule is [C-]#[N+]C1(c2ccc(Cl)cc2)CCC1. The number of hydrogen-bond acceptors (Lipinski definition) is 0. The third-order valence-electron chi connectivity index (χ3n) is 2.78. The summed E-state index contributed by atoms with van der Waals surface area (Å²) in [6.45, 7) is 7.19. The predicted molar refractivity (Wildman–Crippen MR) is 53.6 cm³/mol. The zero-order chi connectivity index (χ0) is 9.31. The van der Waals surface area contributed by atoms with Crippen molar-refractivity contribution in [3.63, 3.8) is 0 Å². The summed E-state index contributed by atoms with van der Waals surface area (Å²) in [4.78, 5) is 3.73. The molecule has 0 N–H and O–H groups in total. The molecule has 1 nitrogen and oxygen atoms in total. The first kappa shape index (κ1) is 8.59. The Morgan fingerprint density at radius 3 is 2.23 bits per heavy atom. The third-order valence-corrected chi connectivity index (χ3v) is 3.03. The van der Waals surface area contributed by atoms with E-state index in [1.54, 1.807) is 0 Å². The summed E-state index contributed by atoms with van der Waals surface area (Å²) in [5.41, 5.74) is 0.906. The summed E-state index contributed by atoms with van der Waals surface area (Å²) >= 11 is 5.79. The van der Waals surface area contributed by atoms with Gasteiger partial charge in [-0.05, 0) is 30.7 Å². The second kappa shape index (κ2) is 3.05. The highest BCUT2D eigenvalue weighted by molar-refractivity contribution is 6.30. The first-order valence-electron chi connectivity index (χ1n) is 4.41. The number of halogens is 1. The van der Waals surface area contributed by atoms with Gasteiger partial charge in [-0.25, -0.2) is 6.57 Å². The molecule has 0 aliphatic heterocycles. The molecule has 0 unspecified atom stereocenters. The lowest BCUT2D eigenvalue weighted by molar-refractivity contribution is 0.310. The van der Waals surface area contributed by atoms with Gasteiger partial charge in [-0.1, -0.05) is 11.6 Å². The lowest BCUT2D eigenvalue weighted by Gasteiger charge is -2.30. The van der Waals surface area contributed by atoms with Crippen LogP contribution in [0, 0.1) is 6.57 Å². The van der Waals surface area contributed by atoms with Crippen LogP contribution in [0.4, 0.5) is 0 Å². The summed E-state index contributed by atoms with van der Waals surface area (Å²) in [5.74, 6) is 0. The van der Waals surface area contributed by atoms with Gasteiger partial charge in [-0.3, -0.25) is 0 Å². The maximum Gasteiger partial charge on any atom is 0.257 e. The van der Waals surface area contributed by atoms with Gasteiger partial charge in [0.05, 0.1) is 0 Å². The largest absolute Gasteiger partial charge is 0.305 e. The summed E-state index contributed by atoms with van der Waals surface area (Å²) in [5, 5.41) is 0.739. The highest BCUT2D eigenvalue weighted by Gasteiger charge is 2.45. The van der Waals surface area contributed by atoms with E-state index in [-0.39, 0.29) is 5.54 Å². The van der Waals surface area contributed by atoms with Gasteiger partial charge in [0, 0.05) is 23.4 Å². The Balaban J connectivity index is 2.35. The van der Waals surface area contributed by atoms with Crippen LogP contribution in [0.25, 0.3) is 4.85 Å². The highest BCUT2D eigenvalue weighted by atomic mass is 35.5. The summed E-state index contributed by atoms with van der Waals surface area (Å²) in [6.07, 6.45) is 3.17. The number of nitrogens with zero attached hydrogens (tertiary/aromatic N) is 1. The molecule has 1 aliphatic carbocycles. The van der Waals surface area contributed by atoms with E-state index in [0.29, 0.717) is 0 Å². The smallest absolute Gasteiger partial charge is 0.257 e. The van der Waals surface area contributed by atoms with Crippen molar-refractivity contribution in [3.8, 4) is 0 Å². The lowest BCUT2D eigenvalue weighted by atomic mass is 9.72. The molecular weight excluding hydrogens is 182 g/mol. The lowest BCUT2D eigenvalue weighted by Crippen LogP contribution is -2.29. The van der Waals surface area contributed by atoms with Crippen LogP contribution in [-0.2, 0) is 5.54 Å². The zero-order valence-corrected chi connectivity index (χ0v) is 8.01. The van der Waals surface area contributed by atoms with E-state index in [2.05, 4.69) is 4.85 Å². The van der Waals surface area contributed by atoms with Crippen molar-refractivity contribution in [2.75, 3.05) is 0 Å². The van der Waals surface area contributed by atoms with Crippen molar-refractivity contribution < 1.29 is 0 Å². The molecule has 0 aromatic heterocycles. The van der Waals surface area contributed by atoms with Crippen molar-refractivity contribution in [3.05, 3.63) is 46.3 Å². The first-order valence-corrected chi connectivity index (χ1v) is 4.79. The summed E-state index contributed by atoms with van der Waals surface area (Å²) in [7, 11) is 0. The fourth-order valence-electron chi connectivity index (χ4n) is 1.74. The minimum atomic E-state index is -0.218. The van der Waals surface area contributed by atoms with E-state index in [9.17, 15) is 0 Å². The molecule has 0 bridgehead atoms. The second-order valence-corrected chi connectivity index (χ2v) is 3.94. The van der Waals surface area contributed by atoms with E-state index < -0.39 is 0 Å². The van der Waals surface area contributed by atoms with Crippen molar-refractivity contribution in [2.24, 2.45) is 0 Å². The minimum absolute atomic E-state index is 0.218. The molecule has 2 heteroatoms. The molecule has 1 fully saturated rings. The Kier molecular flexibility index (Phi) is 2.01. The summed E-state index contributed by atoms with van der Waals surface area (Å²) in [6, 6.07) is 7.67. The average molecular weight is 192 g/mol. The fourth-order valence-corrected chi connectivity index (χ4v) is 1.86. The molecule has 2 rings (SSSR count). The molecule has 0 amide bonds. The van der Waals surface area contributed by atoms with E-state index in [1.807, 2.05) is 24.3 Å². The molecule has 0 heterocycles. The Bertz CT molecular complexity index is 343. The van der Waals surface area contributed by atoms with Crippen molar-refractivity contribution in [1.82, 2.24) is 0 Å². The molecular formula is C11H10ClN. The molecule has 0 spiro atoms. The van der Waals surface area contributed by atoms with Crippen LogP contribution < -0.4 is 0 Å². The third kappa shape index (κ3) is 1.32. The van der Waals surface area contributed by atoms with Crippen LogP contribution in [0.3, 0.4) is 0 Å². The highest BCUT2D eigenvalue weighted by Crippen LogP contribution is 2.45. The van der Waals surface area contributed by atoms with Gasteiger partial charge in [0.15, 0.2) is 0 Å². The van der Waals surface area contributed by atoms with E-state index in [4.69, 9.17) is 18.2 Å². The van der Waals surface area contributed by atoms with E-state index in [0.717, 1.165) is 23.4 Å². The van der Waals surface area contributed by atoms with Crippen molar-refractivity contribution in [2.45, 2.75) is 24.8 Å². The molecule has 1 aliphatic rings.